The molecule has 2 aliphatic rings. The lowest BCUT2D eigenvalue weighted by atomic mass is 9.97. The van der Waals surface area contributed by atoms with E-state index in [0.717, 1.165) is 18.7 Å². The third kappa shape index (κ3) is 3.23. The second kappa shape index (κ2) is 6.68. The van der Waals surface area contributed by atoms with Crippen LogP contribution in [0.1, 0.15) is 11.6 Å². The van der Waals surface area contributed by atoms with Crippen LogP contribution in [-0.2, 0) is 14.3 Å². The fraction of sp³-hybridized carbons (Fsp3) is 0.529. The predicted molar refractivity (Wildman–Crippen MR) is 85.8 cm³/mol. The summed E-state index contributed by atoms with van der Waals surface area (Å²) in [5.74, 6) is -0.118. The number of rotatable bonds is 2. The van der Waals surface area contributed by atoms with E-state index in [1.165, 1.54) is 0 Å². The zero-order chi connectivity index (χ0) is 16.4. The number of hydrogen-bond acceptors (Lipinski definition) is 4. The van der Waals surface area contributed by atoms with Crippen LogP contribution in [0, 0.1) is 0 Å². The Morgan fingerprint density at radius 3 is 2.39 bits per heavy atom. The van der Waals surface area contributed by atoms with Gasteiger partial charge in [0.05, 0.1) is 6.04 Å². The Morgan fingerprint density at radius 1 is 1.09 bits per heavy atom. The third-order valence-electron chi connectivity index (χ3n) is 4.68. The topological polar surface area (TPSA) is 53.1 Å². The average molecular weight is 317 g/mol. The number of morpholine rings is 1. The van der Waals surface area contributed by atoms with Crippen LogP contribution in [0.2, 0.25) is 0 Å². The van der Waals surface area contributed by atoms with E-state index >= 15 is 0 Å². The summed E-state index contributed by atoms with van der Waals surface area (Å²) in [6.07, 6.45) is -0.636. The van der Waals surface area contributed by atoms with Crippen molar-refractivity contribution in [3.05, 3.63) is 35.9 Å². The minimum Gasteiger partial charge on any atom is -0.356 e. The van der Waals surface area contributed by atoms with Gasteiger partial charge in [0, 0.05) is 33.2 Å². The van der Waals surface area contributed by atoms with Crippen LogP contribution in [0.3, 0.4) is 0 Å². The SMILES string of the molecule is CN1CCN(C(=O)[C@@H]2OCC(=O)N(C)[C@@H]2c2ccccc2)CC1. The number of benzene rings is 1. The van der Waals surface area contributed by atoms with Crippen molar-refractivity contribution in [3.63, 3.8) is 0 Å². The molecule has 2 aliphatic heterocycles. The minimum absolute atomic E-state index is 0.0219. The van der Waals surface area contributed by atoms with Gasteiger partial charge >= 0.3 is 0 Å². The van der Waals surface area contributed by atoms with E-state index in [2.05, 4.69) is 11.9 Å². The molecule has 2 atom stereocenters. The Kier molecular flexibility index (Phi) is 4.63. The molecule has 0 spiro atoms. The maximum Gasteiger partial charge on any atom is 0.254 e. The molecule has 0 aliphatic carbocycles. The first-order valence-electron chi connectivity index (χ1n) is 7.97. The Morgan fingerprint density at radius 2 is 1.74 bits per heavy atom. The van der Waals surface area contributed by atoms with Crippen LogP contribution < -0.4 is 0 Å². The number of carbonyl (C=O) groups is 2. The molecule has 0 bridgehead atoms. The van der Waals surface area contributed by atoms with Gasteiger partial charge in [0.2, 0.25) is 5.91 Å². The molecular formula is C17H23N3O3. The largest absolute Gasteiger partial charge is 0.356 e. The number of piperazine rings is 1. The Hall–Kier alpha value is -1.92. The number of hydrogen-bond donors (Lipinski definition) is 0. The molecule has 1 aromatic rings. The van der Waals surface area contributed by atoms with Crippen LogP contribution in [0.25, 0.3) is 0 Å². The average Bonchev–Trinajstić information content (AvgIpc) is 2.58. The highest BCUT2D eigenvalue weighted by atomic mass is 16.5. The molecule has 0 unspecified atom stereocenters. The molecule has 6 nitrogen and oxygen atoms in total. The van der Waals surface area contributed by atoms with Crippen molar-refractivity contribution in [3.8, 4) is 0 Å². The van der Waals surface area contributed by atoms with Crippen LogP contribution in [0.4, 0.5) is 0 Å². The Balaban J connectivity index is 1.83. The Bertz CT molecular complexity index is 570. The number of likely N-dealkylation sites (N-methyl/N-ethyl adjacent to an activating group) is 2. The standard InChI is InChI=1S/C17H23N3O3/c1-18-8-10-20(11-9-18)17(22)16-15(13-6-4-3-5-7-13)19(2)14(21)12-23-16/h3-7,15-16H,8-12H2,1-2H3/t15-,16-/m1/s1. The quantitative estimate of drug-likeness (QED) is 0.790. The van der Waals surface area contributed by atoms with Gasteiger partial charge in [-0.1, -0.05) is 30.3 Å². The molecule has 2 amide bonds. The first-order valence-corrected chi connectivity index (χ1v) is 7.97. The van der Waals surface area contributed by atoms with Crippen LogP contribution in [0.5, 0.6) is 0 Å². The molecule has 3 rings (SSSR count). The minimum atomic E-state index is -0.636. The molecule has 2 fully saturated rings. The number of nitrogens with zero attached hydrogens (tertiary/aromatic N) is 3. The monoisotopic (exact) mass is 317 g/mol. The first-order chi connectivity index (χ1) is 11.1. The summed E-state index contributed by atoms with van der Waals surface area (Å²) in [6.45, 7) is 3.10. The lowest BCUT2D eigenvalue weighted by molar-refractivity contribution is -0.168. The highest BCUT2D eigenvalue weighted by Crippen LogP contribution is 2.30. The van der Waals surface area contributed by atoms with Crippen molar-refractivity contribution in [1.29, 1.82) is 0 Å². The van der Waals surface area contributed by atoms with Crippen LogP contribution in [-0.4, -0.2) is 79.5 Å². The van der Waals surface area contributed by atoms with Crippen LogP contribution >= 0.6 is 0 Å². The van der Waals surface area contributed by atoms with Crippen molar-refractivity contribution >= 4 is 11.8 Å². The lowest BCUT2D eigenvalue weighted by Crippen LogP contribution is -2.56. The summed E-state index contributed by atoms with van der Waals surface area (Å²) in [7, 11) is 3.80. The van der Waals surface area contributed by atoms with E-state index in [4.69, 9.17) is 4.74 Å². The predicted octanol–water partition coefficient (Wildman–Crippen LogP) is 0.359. The third-order valence-corrected chi connectivity index (χ3v) is 4.68. The molecule has 0 saturated carbocycles. The van der Waals surface area contributed by atoms with E-state index in [9.17, 15) is 9.59 Å². The van der Waals surface area contributed by atoms with E-state index < -0.39 is 6.10 Å². The van der Waals surface area contributed by atoms with Gasteiger partial charge in [0.25, 0.3) is 5.91 Å². The zero-order valence-corrected chi connectivity index (χ0v) is 13.6. The number of amides is 2. The highest BCUT2D eigenvalue weighted by molar-refractivity contribution is 5.86. The molecule has 0 aromatic heterocycles. The summed E-state index contributed by atoms with van der Waals surface area (Å²) in [6, 6.07) is 9.26. The van der Waals surface area contributed by atoms with Gasteiger partial charge in [-0.3, -0.25) is 9.59 Å². The van der Waals surface area contributed by atoms with E-state index in [-0.39, 0.29) is 24.5 Å². The van der Waals surface area contributed by atoms with E-state index in [0.29, 0.717) is 13.1 Å². The van der Waals surface area contributed by atoms with E-state index in [1.807, 2.05) is 35.2 Å². The van der Waals surface area contributed by atoms with Gasteiger partial charge in [-0.15, -0.1) is 0 Å². The number of carbonyl (C=O) groups excluding carboxylic acids is 2. The van der Waals surface area contributed by atoms with Gasteiger partial charge in [-0.05, 0) is 12.6 Å². The van der Waals surface area contributed by atoms with Gasteiger partial charge in [0.1, 0.15) is 6.61 Å². The van der Waals surface area contributed by atoms with Crippen molar-refractivity contribution < 1.29 is 14.3 Å². The molecule has 23 heavy (non-hydrogen) atoms. The van der Waals surface area contributed by atoms with Crippen molar-refractivity contribution in [2.75, 3.05) is 46.9 Å². The fourth-order valence-electron chi connectivity index (χ4n) is 3.17. The van der Waals surface area contributed by atoms with Gasteiger partial charge in [0.15, 0.2) is 6.10 Å². The first kappa shape index (κ1) is 16.0. The van der Waals surface area contributed by atoms with Crippen molar-refractivity contribution in [2.45, 2.75) is 12.1 Å². The maximum absolute atomic E-state index is 12.9. The molecule has 0 radical (unpaired) electrons. The van der Waals surface area contributed by atoms with Gasteiger partial charge < -0.3 is 19.4 Å². The number of ether oxygens (including phenoxy) is 1. The molecular weight excluding hydrogens is 294 g/mol. The summed E-state index contributed by atoms with van der Waals surface area (Å²) >= 11 is 0. The molecule has 1 aromatic carbocycles. The molecule has 0 N–H and O–H groups in total. The molecule has 2 heterocycles. The van der Waals surface area contributed by atoms with Crippen molar-refractivity contribution in [1.82, 2.24) is 14.7 Å². The summed E-state index contributed by atoms with van der Waals surface area (Å²) < 4.78 is 5.67. The van der Waals surface area contributed by atoms with E-state index in [1.54, 1.807) is 11.9 Å². The maximum atomic E-state index is 12.9. The molecule has 124 valence electrons. The summed E-state index contributed by atoms with van der Waals surface area (Å²) in [5, 5.41) is 0. The smallest absolute Gasteiger partial charge is 0.254 e. The van der Waals surface area contributed by atoms with Crippen molar-refractivity contribution in [2.24, 2.45) is 0 Å². The second-order valence-electron chi connectivity index (χ2n) is 6.22. The summed E-state index contributed by atoms with van der Waals surface area (Å²) in [4.78, 5) is 30.7. The van der Waals surface area contributed by atoms with Crippen LogP contribution in [0.15, 0.2) is 30.3 Å². The fourth-order valence-corrected chi connectivity index (χ4v) is 3.17. The van der Waals surface area contributed by atoms with Gasteiger partial charge in [-0.25, -0.2) is 0 Å². The zero-order valence-electron chi connectivity index (χ0n) is 13.6. The second-order valence-corrected chi connectivity index (χ2v) is 6.22. The summed E-state index contributed by atoms with van der Waals surface area (Å²) in [5.41, 5.74) is 0.926. The van der Waals surface area contributed by atoms with Gasteiger partial charge in [-0.2, -0.15) is 0 Å². The normalized spacial score (nSPS) is 26.4. The molecule has 6 heteroatoms. The lowest BCUT2D eigenvalue weighted by Gasteiger charge is -2.41. The highest BCUT2D eigenvalue weighted by Gasteiger charge is 2.42. The Labute approximate surface area is 136 Å². The molecule has 2 saturated heterocycles.